The molecule has 0 spiro atoms. The van der Waals surface area contributed by atoms with Crippen LogP contribution in [-0.2, 0) is 9.53 Å². The molecule has 1 aliphatic heterocycles. The molecule has 5 heteroatoms. The highest BCUT2D eigenvalue weighted by Crippen LogP contribution is 2.34. The average molecular weight is 256 g/mol. The number of carboxylic acid groups (broad SMARTS) is 1. The van der Waals surface area contributed by atoms with Crippen LogP contribution in [0.4, 0.5) is 0 Å². The van der Waals surface area contributed by atoms with E-state index in [1.807, 2.05) is 13.8 Å². The van der Waals surface area contributed by atoms with Gasteiger partial charge in [0.05, 0.1) is 13.2 Å². The van der Waals surface area contributed by atoms with Crippen molar-refractivity contribution in [1.29, 1.82) is 0 Å². The Bertz CT molecular complexity index is 303. The monoisotopic (exact) mass is 256 g/mol. The summed E-state index contributed by atoms with van der Waals surface area (Å²) < 4.78 is 5.35. The van der Waals surface area contributed by atoms with Crippen LogP contribution >= 0.6 is 0 Å². The van der Waals surface area contributed by atoms with Crippen molar-refractivity contribution in [3.8, 4) is 0 Å². The lowest BCUT2D eigenvalue weighted by Crippen LogP contribution is -2.54. The van der Waals surface area contributed by atoms with Crippen molar-refractivity contribution in [2.24, 2.45) is 0 Å². The number of rotatable bonds is 4. The van der Waals surface area contributed by atoms with Crippen LogP contribution in [-0.4, -0.2) is 59.9 Å². The van der Waals surface area contributed by atoms with E-state index in [-0.39, 0.29) is 6.04 Å². The Morgan fingerprint density at radius 2 is 2.11 bits per heavy atom. The first-order valence-electron chi connectivity index (χ1n) is 6.86. The van der Waals surface area contributed by atoms with Gasteiger partial charge in [0, 0.05) is 25.2 Å². The molecule has 2 N–H and O–H groups in total. The predicted octanol–water partition coefficient (Wildman–Crippen LogP) is 0.693. The molecule has 2 rings (SSSR count). The van der Waals surface area contributed by atoms with Gasteiger partial charge in [-0.05, 0) is 33.1 Å². The van der Waals surface area contributed by atoms with E-state index in [2.05, 4.69) is 10.2 Å². The normalized spacial score (nSPS) is 34.1. The van der Waals surface area contributed by atoms with Crippen molar-refractivity contribution >= 4 is 5.97 Å². The molecule has 0 aromatic carbocycles. The summed E-state index contributed by atoms with van der Waals surface area (Å²) in [5.74, 6) is -0.702. The Morgan fingerprint density at radius 1 is 1.44 bits per heavy atom. The van der Waals surface area contributed by atoms with Crippen LogP contribution in [0.2, 0.25) is 0 Å². The number of aliphatic carboxylic acids is 1. The molecule has 0 aromatic rings. The number of ether oxygens (including phenoxy) is 1. The maximum absolute atomic E-state index is 11.6. The zero-order valence-electron chi connectivity index (χ0n) is 11.3. The zero-order chi connectivity index (χ0) is 13.2. The van der Waals surface area contributed by atoms with E-state index in [0.717, 1.165) is 39.1 Å². The van der Waals surface area contributed by atoms with Crippen LogP contribution in [0.3, 0.4) is 0 Å². The van der Waals surface area contributed by atoms with E-state index in [9.17, 15) is 9.90 Å². The van der Waals surface area contributed by atoms with Gasteiger partial charge in [-0.15, -0.1) is 0 Å². The third kappa shape index (κ3) is 2.84. The van der Waals surface area contributed by atoms with Gasteiger partial charge in [0.15, 0.2) is 0 Å². The third-order valence-electron chi connectivity index (χ3n) is 4.02. The number of nitrogens with zero attached hydrogens (tertiary/aromatic N) is 1. The lowest BCUT2D eigenvalue weighted by Gasteiger charge is -2.34. The van der Waals surface area contributed by atoms with Crippen molar-refractivity contribution < 1.29 is 14.6 Å². The second-order valence-corrected chi connectivity index (χ2v) is 5.73. The van der Waals surface area contributed by atoms with Crippen molar-refractivity contribution in [2.75, 3.05) is 26.3 Å². The molecule has 2 atom stereocenters. The average Bonchev–Trinajstić information content (AvgIpc) is 2.75. The fourth-order valence-corrected chi connectivity index (χ4v) is 3.21. The minimum absolute atomic E-state index is 0.199. The summed E-state index contributed by atoms with van der Waals surface area (Å²) in [6.07, 6.45) is 2.40. The Kier molecular flexibility index (Phi) is 4.25. The summed E-state index contributed by atoms with van der Waals surface area (Å²) in [4.78, 5) is 14.0. The van der Waals surface area contributed by atoms with Crippen LogP contribution < -0.4 is 5.32 Å². The fraction of sp³-hybridized carbons (Fsp3) is 0.923. The summed E-state index contributed by atoms with van der Waals surface area (Å²) in [5.41, 5.74) is -0.725. The van der Waals surface area contributed by atoms with Gasteiger partial charge in [-0.25, -0.2) is 0 Å². The van der Waals surface area contributed by atoms with Gasteiger partial charge in [0.25, 0.3) is 0 Å². The molecule has 104 valence electrons. The van der Waals surface area contributed by atoms with Crippen LogP contribution in [0.1, 0.15) is 33.1 Å². The second-order valence-electron chi connectivity index (χ2n) is 5.73. The van der Waals surface area contributed by atoms with Gasteiger partial charge in [0.2, 0.25) is 0 Å². The van der Waals surface area contributed by atoms with Crippen molar-refractivity contribution in [3.63, 3.8) is 0 Å². The topological polar surface area (TPSA) is 61.8 Å². The van der Waals surface area contributed by atoms with Gasteiger partial charge >= 0.3 is 5.97 Å². The molecular weight excluding hydrogens is 232 g/mol. The van der Waals surface area contributed by atoms with Crippen LogP contribution in [0, 0.1) is 0 Å². The minimum Gasteiger partial charge on any atom is -0.480 e. The second kappa shape index (κ2) is 5.55. The van der Waals surface area contributed by atoms with E-state index in [1.165, 1.54) is 0 Å². The van der Waals surface area contributed by atoms with E-state index in [4.69, 9.17) is 4.74 Å². The molecule has 2 unspecified atom stereocenters. The van der Waals surface area contributed by atoms with E-state index < -0.39 is 11.5 Å². The highest BCUT2D eigenvalue weighted by Gasteiger charge is 2.47. The lowest BCUT2D eigenvalue weighted by molar-refractivity contribution is -0.145. The molecule has 1 saturated heterocycles. The molecule has 0 aromatic heterocycles. The molecule has 0 bridgehead atoms. The van der Waals surface area contributed by atoms with Gasteiger partial charge in [-0.3, -0.25) is 15.0 Å². The molecule has 0 amide bonds. The molecule has 2 aliphatic rings. The standard InChI is InChI=1S/C13H24N2O3/c1-10(2)14-13(12(16)17)4-3-11(9-13)15-5-7-18-8-6-15/h10-11,14H,3-9H2,1-2H3,(H,16,17). The van der Waals surface area contributed by atoms with Crippen molar-refractivity contribution in [1.82, 2.24) is 10.2 Å². The summed E-state index contributed by atoms with van der Waals surface area (Å²) in [6, 6.07) is 0.584. The molecular formula is C13H24N2O3. The molecule has 2 fully saturated rings. The van der Waals surface area contributed by atoms with Gasteiger partial charge in [-0.2, -0.15) is 0 Å². The Labute approximate surface area is 108 Å². The minimum atomic E-state index is -0.725. The highest BCUT2D eigenvalue weighted by atomic mass is 16.5. The SMILES string of the molecule is CC(C)NC1(C(=O)O)CCC(N2CCOCC2)C1. The number of nitrogens with one attached hydrogen (secondary N) is 1. The molecule has 0 radical (unpaired) electrons. The van der Waals surface area contributed by atoms with Gasteiger partial charge < -0.3 is 9.84 Å². The Balaban J connectivity index is 2.00. The van der Waals surface area contributed by atoms with Crippen LogP contribution in [0.15, 0.2) is 0 Å². The van der Waals surface area contributed by atoms with Crippen LogP contribution in [0.5, 0.6) is 0 Å². The van der Waals surface area contributed by atoms with Gasteiger partial charge in [0.1, 0.15) is 5.54 Å². The fourth-order valence-electron chi connectivity index (χ4n) is 3.21. The maximum atomic E-state index is 11.6. The first-order valence-corrected chi connectivity index (χ1v) is 6.86. The Hall–Kier alpha value is -0.650. The molecule has 5 nitrogen and oxygen atoms in total. The van der Waals surface area contributed by atoms with Gasteiger partial charge in [-0.1, -0.05) is 0 Å². The Morgan fingerprint density at radius 3 is 2.67 bits per heavy atom. The molecule has 1 heterocycles. The number of carboxylic acids is 1. The zero-order valence-corrected chi connectivity index (χ0v) is 11.3. The van der Waals surface area contributed by atoms with Crippen molar-refractivity contribution in [2.45, 2.75) is 50.7 Å². The number of hydrogen-bond acceptors (Lipinski definition) is 4. The first kappa shape index (κ1) is 13.8. The number of carbonyl (C=O) groups is 1. The van der Waals surface area contributed by atoms with Crippen LogP contribution in [0.25, 0.3) is 0 Å². The number of hydrogen-bond donors (Lipinski definition) is 2. The third-order valence-corrected chi connectivity index (χ3v) is 4.02. The van der Waals surface area contributed by atoms with E-state index in [1.54, 1.807) is 0 Å². The molecule has 1 saturated carbocycles. The summed E-state index contributed by atoms with van der Waals surface area (Å²) >= 11 is 0. The summed E-state index contributed by atoms with van der Waals surface area (Å²) in [6.45, 7) is 7.42. The predicted molar refractivity (Wildman–Crippen MR) is 68.7 cm³/mol. The first-order chi connectivity index (χ1) is 8.53. The van der Waals surface area contributed by atoms with Crippen molar-refractivity contribution in [3.05, 3.63) is 0 Å². The van der Waals surface area contributed by atoms with E-state index in [0.29, 0.717) is 12.5 Å². The quantitative estimate of drug-likeness (QED) is 0.775. The molecule has 18 heavy (non-hydrogen) atoms. The lowest BCUT2D eigenvalue weighted by atomic mass is 9.96. The smallest absolute Gasteiger partial charge is 0.323 e. The highest BCUT2D eigenvalue weighted by molar-refractivity contribution is 5.79. The largest absolute Gasteiger partial charge is 0.480 e. The summed E-state index contributed by atoms with van der Waals surface area (Å²) in [7, 11) is 0. The molecule has 1 aliphatic carbocycles. The maximum Gasteiger partial charge on any atom is 0.323 e. The number of morpholine rings is 1. The summed E-state index contributed by atoms with van der Waals surface area (Å²) in [5, 5.41) is 12.8. The van der Waals surface area contributed by atoms with E-state index >= 15 is 0 Å².